The average Bonchev–Trinajstić information content (AvgIpc) is 2.83. The summed E-state index contributed by atoms with van der Waals surface area (Å²) in [5, 5.41) is 0.375. The molecule has 0 spiro atoms. The number of carbonyl (C=O) groups excluding carboxylic acids is 2. The smallest absolute Gasteiger partial charge is 0.308 e. The van der Waals surface area contributed by atoms with Crippen molar-refractivity contribution in [2.75, 3.05) is 12.4 Å². The Morgan fingerprint density at radius 1 is 1.12 bits per heavy atom. The molecular formula is C12H22O3S. The molecule has 94 valence electrons. The van der Waals surface area contributed by atoms with Gasteiger partial charge < -0.3 is 4.74 Å². The molecule has 0 radical (unpaired) electrons. The molecule has 0 aromatic rings. The predicted octanol–water partition coefficient (Wildman–Crippen LogP) is 2.88. The van der Waals surface area contributed by atoms with Crippen molar-refractivity contribution in [1.82, 2.24) is 0 Å². The van der Waals surface area contributed by atoms with Gasteiger partial charge in [0.1, 0.15) is 0 Å². The zero-order valence-corrected chi connectivity index (χ0v) is 11.4. The van der Waals surface area contributed by atoms with Gasteiger partial charge in [-0.1, -0.05) is 39.5 Å². The Morgan fingerprint density at radius 3 is 1.88 bits per heavy atom. The number of rotatable bonds is 0. The maximum absolute atomic E-state index is 10.5. The van der Waals surface area contributed by atoms with E-state index in [0.717, 1.165) is 18.6 Å². The van der Waals surface area contributed by atoms with Gasteiger partial charge in [0.25, 0.3) is 0 Å². The highest BCUT2D eigenvalue weighted by Crippen LogP contribution is 2.24. The number of hydrogen-bond donors (Lipinski definition) is 0. The molecule has 2 saturated heterocycles. The fraction of sp³-hybridized carbons (Fsp3) is 0.833. The molecule has 0 N–H and O–H groups in total. The van der Waals surface area contributed by atoms with Crippen LogP contribution in [0.5, 0.6) is 0 Å². The third-order valence-corrected chi connectivity index (χ3v) is 3.52. The van der Waals surface area contributed by atoms with Crippen LogP contribution in [-0.2, 0) is 14.3 Å². The van der Waals surface area contributed by atoms with Crippen LogP contribution < -0.4 is 0 Å². The molecule has 3 nitrogen and oxygen atoms in total. The van der Waals surface area contributed by atoms with E-state index in [9.17, 15) is 9.59 Å². The van der Waals surface area contributed by atoms with E-state index in [1.165, 1.54) is 11.8 Å². The highest BCUT2D eigenvalue weighted by molar-refractivity contribution is 8.14. The summed E-state index contributed by atoms with van der Waals surface area (Å²) in [6.45, 7) is 8.50. The van der Waals surface area contributed by atoms with E-state index in [-0.39, 0.29) is 11.9 Å². The van der Waals surface area contributed by atoms with Crippen LogP contribution in [0, 0.1) is 11.8 Å². The fourth-order valence-corrected chi connectivity index (χ4v) is 2.27. The Labute approximate surface area is 102 Å². The SMILES string of the molecule is CC.CC1CCOC1=O.CC1CCSC1=O. The first-order chi connectivity index (χ1) is 7.61. The van der Waals surface area contributed by atoms with Crippen molar-refractivity contribution in [2.24, 2.45) is 11.8 Å². The van der Waals surface area contributed by atoms with Gasteiger partial charge in [0.05, 0.1) is 12.5 Å². The van der Waals surface area contributed by atoms with Gasteiger partial charge >= 0.3 is 5.97 Å². The third-order valence-electron chi connectivity index (χ3n) is 2.40. The van der Waals surface area contributed by atoms with Gasteiger partial charge in [0, 0.05) is 11.7 Å². The zero-order chi connectivity index (χ0) is 12.6. The topological polar surface area (TPSA) is 43.4 Å². The first-order valence-corrected chi connectivity index (χ1v) is 6.93. The number of esters is 1. The lowest BCUT2D eigenvalue weighted by Gasteiger charge is -1.89. The lowest BCUT2D eigenvalue weighted by molar-refractivity contribution is -0.140. The molecule has 2 atom stereocenters. The molecule has 2 aliphatic heterocycles. The molecule has 0 aromatic heterocycles. The molecule has 0 aromatic carbocycles. The maximum atomic E-state index is 10.5. The summed E-state index contributed by atoms with van der Waals surface area (Å²) >= 11 is 1.47. The quantitative estimate of drug-likeness (QED) is 0.616. The Kier molecular flexibility index (Phi) is 8.35. The van der Waals surface area contributed by atoms with E-state index in [4.69, 9.17) is 0 Å². The van der Waals surface area contributed by atoms with Crippen molar-refractivity contribution in [3.8, 4) is 0 Å². The Hall–Kier alpha value is -0.510. The summed E-state index contributed by atoms with van der Waals surface area (Å²) in [5.41, 5.74) is 0. The molecule has 0 bridgehead atoms. The van der Waals surface area contributed by atoms with E-state index in [2.05, 4.69) is 4.74 Å². The summed E-state index contributed by atoms with van der Waals surface area (Å²) in [6.07, 6.45) is 1.99. The van der Waals surface area contributed by atoms with Crippen molar-refractivity contribution in [3.63, 3.8) is 0 Å². The molecule has 2 unspecified atom stereocenters. The average molecular weight is 246 g/mol. The van der Waals surface area contributed by atoms with Crippen LogP contribution >= 0.6 is 11.8 Å². The minimum absolute atomic E-state index is 0.0417. The van der Waals surface area contributed by atoms with Crippen LogP contribution in [-0.4, -0.2) is 23.4 Å². The molecule has 2 fully saturated rings. The molecule has 2 rings (SSSR count). The normalized spacial score (nSPS) is 27.5. The van der Waals surface area contributed by atoms with Crippen molar-refractivity contribution in [3.05, 3.63) is 0 Å². The third kappa shape index (κ3) is 5.54. The molecule has 0 saturated carbocycles. The van der Waals surface area contributed by atoms with Crippen molar-refractivity contribution < 1.29 is 14.3 Å². The van der Waals surface area contributed by atoms with Gasteiger partial charge in [0.2, 0.25) is 0 Å². The standard InChI is InChI=1S/C5H8O2.C5H8OS.C2H6/c2*1-4-2-3-7-5(4)6;1-2/h2*4H,2-3H2,1H3;1-2H3. The van der Waals surface area contributed by atoms with Crippen LogP contribution in [0.25, 0.3) is 0 Å². The molecule has 0 aliphatic carbocycles. The zero-order valence-electron chi connectivity index (χ0n) is 10.6. The second-order valence-corrected chi connectivity index (χ2v) is 4.81. The largest absolute Gasteiger partial charge is 0.465 e. The lowest BCUT2D eigenvalue weighted by atomic mass is 10.2. The number of carbonyl (C=O) groups is 2. The minimum atomic E-state index is -0.0417. The van der Waals surface area contributed by atoms with Gasteiger partial charge in [-0.05, 0) is 12.8 Å². The highest BCUT2D eigenvalue weighted by atomic mass is 32.2. The van der Waals surface area contributed by atoms with Gasteiger partial charge in [-0.25, -0.2) is 0 Å². The number of thioether (sulfide) groups is 1. The summed E-state index contributed by atoms with van der Waals surface area (Å²) in [6, 6.07) is 0. The number of cyclic esters (lactones) is 1. The molecule has 2 aliphatic rings. The molecule has 4 heteroatoms. The van der Waals surface area contributed by atoms with E-state index in [1.807, 2.05) is 27.7 Å². The van der Waals surface area contributed by atoms with Crippen LogP contribution in [0.4, 0.5) is 0 Å². The second kappa shape index (κ2) is 8.62. The van der Waals surface area contributed by atoms with E-state index in [0.29, 0.717) is 17.6 Å². The van der Waals surface area contributed by atoms with Crippen molar-refractivity contribution in [1.29, 1.82) is 0 Å². The Morgan fingerprint density at radius 2 is 1.75 bits per heavy atom. The maximum Gasteiger partial charge on any atom is 0.308 e. The summed E-state index contributed by atoms with van der Waals surface area (Å²) < 4.78 is 4.63. The van der Waals surface area contributed by atoms with Crippen molar-refractivity contribution >= 4 is 22.8 Å². The lowest BCUT2D eigenvalue weighted by Crippen LogP contribution is -2.00. The first-order valence-electron chi connectivity index (χ1n) is 5.94. The molecule has 2 heterocycles. The monoisotopic (exact) mass is 246 g/mol. The van der Waals surface area contributed by atoms with Crippen molar-refractivity contribution in [2.45, 2.75) is 40.5 Å². The Bertz CT molecular complexity index is 204. The Balaban J connectivity index is 0.000000244. The summed E-state index contributed by atoms with van der Waals surface area (Å²) in [4.78, 5) is 20.9. The summed E-state index contributed by atoms with van der Waals surface area (Å²) in [7, 11) is 0. The second-order valence-electron chi connectivity index (χ2n) is 3.71. The highest BCUT2D eigenvalue weighted by Gasteiger charge is 2.20. The van der Waals surface area contributed by atoms with E-state index >= 15 is 0 Å². The van der Waals surface area contributed by atoms with Crippen LogP contribution in [0.3, 0.4) is 0 Å². The van der Waals surface area contributed by atoms with Gasteiger partial charge in [-0.2, -0.15) is 0 Å². The van der Waals surface area contributed by atoms with Gasteiger partial charge in [-0.3, -0.25) is 9.59 Å². The minimum Gasteiger partial charge on any atom is -0.465 e. The number of ether oxygens (including phenoxy) is 1. The van der Waals surface area contributed by atoms with Gasteiger partial charge in [-0.15, -0.1) is 0 Å². The van der Waals surface area contributed by atoms with E-state index < -0.39 is 0 Å². The molecular weight excluding hydrogens is 224 g/mol. The first kappa shape index (κ1) is 15.5. The van der Waals surface area contributed by atoms with Crippen LogP contribution in [0.2, 0.25) is 0 Å². The van der Waals surface area contributed by atoms with Gasteiger partial charge in [0.15, 0.2) is 5.12 Å². The number of hydrogen-bond acceptors (Lipinski definition) is 4. The fourth-order valence-electron chi connectivity index (χ4n) is 1.19. The van der Waals surface area contributed by atoms with Crippen LogP contribution in [0.1, 0.15) is 40.5 Å². The summed E-state index contributed by atoms with van der Waals surface area (Å²) in [5.74, 6) is 1.49. The molecule has 0 amide bonds. The predicted molar refractivity (Wildman–Crippen MR) is 67.3 cm³/mol. The van der Waals surface area contributed by atoms with E-state index in [1.54, 1.807) is 0 Å². The van der Waals surface area contributed by atoms with Crippen LogP contribution in [0.15, 0.2) is 0 Å². The molecule has 16 heavy (non-hydrogen) atoms.